The Balaban J connectivity index is 1.50. The molecule has 2 aromatic carbocycles. The molecule has 0 aliphatic carbocycles. The molecule has 1 amide bonds. The van der Waals surface area contributed by atoms with Crippen LogP contribution in [0.15, 0.2) is 60.8 Å². The Morgan fingerprint density at radius 1 is 1.07 bits per heavy atom. The molecule has 222 valence electrons. The van der Waals surface area contributed by atoms with Crippen molar-refractivity contribution in [3.63, 3.8) is 0 Å². The van der Waals surface area contributed by atoms with Crippen LogP contribution in [0.2, 0.25) is 0 Å². The number of fused-ring (bicyclic) bond motifs is 1. The summed E-state index contributed by atoms with van der Waals surface area (Å²) >= 11 is 0. The third-order valence-electron chi connectivity index (χ3n) is 7.82. The quantitative estimate of drug-likeness (QED) is 0.329. The molecular formula is C31H34F3N5O3. The number of piperazine rings is 1. The summed E-state index contributed by atoms with van der Waals surface area (Å²) in [6.07, 6.45) is -3.57. The Hall–Kier alpha value is -3.96. The molecule has 0 radical (unpaired) electrons. The number of benzene rings is 2. The summed E-state index contributed by atoms with van der Waals surface area (Å²) in [5, 5.41) is 15.0. The molecule has 8 nitrogen and oxygen atoms in total. The molecule has 1 saturated heterocycles. The minimum Gasteiger partial charge on any atom is -0.497 e. The summed E-state index contributed by atoms with van der Waals surface area (Å²) in [4.78, 5) is 22.2. The molecule has 5 rings (SSSR count). The Morgan fingerprint density at radius 3 is 2.31 bits per heavy atom. The van der Waals surface area contributed by atoms with Crippen LogP contribution in [0.1, 0.15) is 54.0 Å². The number of halogens is 3. The lowest BCUT2D eigenvalue weighted by molar-refractivity contribution is -0.143. The zero-order chi connectivity index (χ0) is 30.4. The number of hydrogen-bond donors (Lipinski definition) is 1. The van der Waals surface area contributed by atoms with Gasteiger partial charge in [-0.05, 0) is 57.5 Å². The van der Waals surface area contributed by atoms with Gasteiger partial charge < -0.3 is 14.7 Å². The SMILES string of the molecule is COc1ccc(-c2nc3c(C(=O)N4CCN([C@H](c5ccccc5)C(C)(C)O)C[C@H]4C)cnn3c(C(F)(F)F)c2C)cc1. The number of aromatic nitrogens is 3. The van der Waals surface area contributed by atoms with Crippen LogP contribution in [0.4, 0.5) is 13.2 Å². The summed E-state index contributed by atoms with van der Waals surface area (Å²) in [7, 11) is 1.50. The molecule has 4 aromatic rings. The first kappa shape index (κ1) is 29.5. The number of rotatable bonds is 6. The van der Waals surface area contributed by atoms with E-state index in [-0.39, 0.29) is 34.6 Å². The summed E-state index contributed by atoms with van der Waals surface area (Å²) in [5.41, 5.74) is -0.751. The first-order valence-electron chi connectivity index (χ1n) is 13.7. The number of carbonyl (C=O) groups excluding carboxylic acids is 1. The van der Waals surface area contributed by atoms with Crippen LogP contribution in [-0.4, -0.2) is 73.8 Å². The van der Waals surface area contributed by atoms with Crippen LogP contribution in [0.25, 0.3) is 16.9 Å². The monoisotopic (exact) mass is 581 g/mol. The summed E-state index contributed by atoms with van der Waals surface area (Å²) in [6.45, 7) is 8.02. The molecule has 0 saturated carbocycles. The number of carbonyl (C=O) groups is 1. The molecule has 3 heterocycles. The maximum absolute atomic E-state index is 14.3. The van der Waals surface area contributed by atoms with Gasteiger partial charge in [0.15, 0.2) is 11.3 Å². The Morgan fingerprint density at radius 2 is 1.74 bits per heavy atom. The number of hydrogen-bond acceptors (Lipinski definition) is 6. The van der Waals surface area contributed by atoms with Crippen molar-refractivity contribution in [3.05, 3.63) is 83.2 Å². The van der Waals surface area contributed by atoms with E-state index in [4.69, 9.17) is 4.74 Å². The van der Waals surface area contributed by atoms with Crippen LogP contribution < -0.4 is 4.74 Å². The first-order chi connectivity index (χ1) is 19.8. The van der Waals surface area contributed by atoms with Gasteiger partial charge in [0, 0.05) is 36.8 Å². The van der Waals surface area contributed by atoms with Gasteiger partial charge >= 0.3 is 6.18 Å². The number of methoxy groups -OCH3 is 1. The smallest absolute Gasteiger partial charge is 0.433 e. The predicted octanol–water partition coefficient (Wildman–Crippen LogP) is 5.39. The van der Waals surface area contributed by atoms with Crippen molar-refractivity contribution < 1.29 is 27.8 Å². The van der Waals surface area contributed by atoms with Gasteiger partial charge in [0.1, 0.15) is 11.3 Å². The lowest BCUT2D eigenvalue weighted by Gasteiger charge is -2.46. The van der Waals surface area contributed by atoms with E-state index in [0.717, 1.165) is 10.1 Å². The minimum atomic E-state index is -4.73. The summed E-state index contributed by atoms with van der Waals surface area (Å²) in [5.74, 6) is 0.114. The molecule has 1 fully saturated rings. The van der Waals surface area contributed by atoms with E-state index >= 15 is 0 Å². The van der Waals surface area contributed by atoms with E-state index in [0.29, 0.717) is 30.9 Å². The van der Waals surface area contributed by atoms with Crippen molar-refractivity contribution in [2.45, 2.75) is 51.6 Å². The second-order valence-corrected chi connectivity index (χ2v) is 11.3. The van der Waals surface area contributed by atoms with E-state index in [9.17, 15) is 23.1 Å². The highest BCUT2D eigenvalue weighted by atomic mass is 19.4. The van der Waals surface area contributed by atoms with Crippen molar-refractivity contribution in [1.82, 2.24) is 24.4 Å². The van der Waals surface area contributed by atoms with Crippen molar-refractivity contribution >= 4 is 11.6 Å². The van der Waals surface area contributed by atoms with Gasteiger partial charge in [-0.3, -0.25) is 9.69 Å². The van der Waals surface area contributed by atoms with E-state index in [1.54, 1.807) is 43.0 Å². The second kappa shape index (κ2) is 11.0. The van der Waals surface area contributed by atoms with Crippen molar-refractivity contribution in [2.24, 2.45) is 0 Å². The van der Waals surface area contributed by atoms with E-state index in [1.807, 2.05) is 37.3 Å². The molecule has 2 atom stereocenters. The van der Waals surface area contributed by atoms with Crippen molar-refractivity contribution in [2.75, 3.05) is 26.7 Å². The maximum Gasteiger partial charge on any atom is 0.433 e. The highest BCUT2D eigenvalue weighted by Gasteiger charge is 2.41. The van der Waals surface area contributed by atoms with Crippen LogP contribution >= 0.6 is 0 Å². The zero-order valence-electron chi connectivity index (χ0n) is 24.2. The Kier molecular flexibility index (Phi) is 7.76. The van der Waals surface area contributed by atoms with Gasteiger partial charge in [-0.15, -0.1) is 0 Å². The van der Waals surface area contributed by atoms with Crippen molar-refractivity contribution in [1.29, 1.82) is 0 Å². The number of amides is 1. The third kappa shape index (κ3) is 5.46. The largest absolute Gasteiger partial charge is 0.497 e. The fourth-order valence-corrected chi connectivity index (χ4v) is 5.97. The lowest BCUT2D eigenvalue weighted by atomic mass is 9.89. The van der Waals surface area contributed by atoms with Crippen LogP contribution in [0.5, 0.6) is 5.75 Å². The fourth-order valence-electron chi connectivity index (χ4n) is 5.97. The molecule has 0 spiro atoms. The average molecular weight is 582 g/mol. The molecule has 0 bridgehead atoms. The van der Waals surface area contributed by atoms with Gasteiger partial charge in [-0.1, -0.05) is 30.3 Å². The summed E-state index contributed by atoms with van der Waals surface area (Å²) < 4.78 is 48.9. The van der Waals surface area contributed by atoms with Gasteiger partial charge in [0.2, 0.25) is 0 Å². The molecule has 11 heteroatoms. The van der Waals surface area contributed by atoms with Gasteiger partial charge in [0.25, 0.3) is 5.91 Å². The molecule has 1 aliphatic rings. The number of ether oxygens (including phenoxy) is 1. The number of alkyl halides is 3. The van der Waals surface area contributed by atoms with Crippen LogP contribution in [0.3, 0.4) is 0 Å². The van der Waals surface area contributed by atoms with Gasteiger partial charge in [-0.2, -0.15) is 18.3 Å². The predicted molar refractivity (Wildman–Crippen MR) is 152 cm³/mol. The molecule has 2 aromatic heterocycles. The van der Waals surface area contributed by atoms with Gasteiger partial charge in [-0.25, -0.2) is 9.50 Å². The van der Waals surface area contributed by atoms with E-state index < -0.39 is 23.4 Å². The maximum atomic E-state index is 14.3. The molecule has 0 unspecified atom stereocenters. The average Bonchev–Trinajstić information content (AvgIpc) is 3.35. The molecular weight excluding hydrogens is 547 g/mol. The van der Waals surface area contributed by atoms with Gasteiger partial charge in [0.05, 0.1) is 30.6 Å². The second-order valence-electron chi connectivity index (χ2n) is 11.3. The lowest BCUT2D eigenvalue weighted by Crippen LogP contribution is -2.57. The fraction of sp³-hybridized carbons (Fsp3) is 0.387. The third-order valence-corrected chi connectivity index (χ3v) is 7.82. The normalized spacial score (nSPS) is 17.5. The number of nitrogens with zero attached hydrogens (tertiary/aromatic N) is 5. The molecule has 1 N–H and O–H groups in total. The Bertz CT molecular complexity index is 1580. The Labute approximate surface area is 242 Å². The van der Waals surface area contributed by atoms with E-state index in [1.165, 1.54) is 20.2 Å². The standard InChI is InChI=1S/C31H34F3N5O3/c1-19-18-37(27(30(3,4)41)22-9-7-6-8-10-22)15-16-38(19)29(40)24-17-35-39-26(31(32,33)34)20(2)25(36-28(24)39)21-11-13-23(42-5)14-12-21/h6-14,17,19,27,41H,15-16,18H2,1-5H3/t19-,27-/m1/s1. The first-order valence-corrected chi connectivity index (χ1v) is 13.7. The minimum absolute atomic E-state index is 0.00217. The number of aliphatic hydroxyl groups is 1. The van der Waals surface area contributed by atoms with Crippen LogP contribution in [0, 0.1) is 6.92 Å². The summed E-state index contributed by atoms with van der Waals surface area (Å²) in [6, 6.07) is 15.7. The highest BCUT2D eigenvalue weighted by molar-refractivity contribution is 6.00. The molecule has 1 aliphatic heterocycles. The topological polar surface area (TPSA) is 83.2 Å². The highest BCUT2D eigenvalue weighted by Crippen LogP contribution is 2.38. The van der Waals surface area contributed by atoms with E-state index in [2.05, 4.69) is 15.0 Å². The zero-order valence-corrected chi connectivity index (χ0v) is 24.2. The molecule has 42 heavy (non-hydrogen) atoms. The van der Waals surface area contributed by atoms with Crippen molar-refractivity contribution in [3.8, 4) is 17.0 Å². The van der Waals surface area contributed by atoms with Crippen LogP contribution in [-0.2, 0) is 6.18 Å².